The highest BCUT2D eigenvalue weighted by Crippen LogP contribution is 1.62. The molecule has 0 spiro atoms. The summed E-state index contributed by atoms with van der Waals surface area (Å²) in [6.45, 7) is 0.458. The van der Waals surface area contributed by atoms with Crippen molar-refractivity contribution >= 4 is 7.85 Å². The van der Waals surface area contributed by atoms with Gasteiger partial charge in [0.1, 0.15) is 7.85 Å². The Labute approximate surface area is 39.0 Å². The third-order valence-corrected chi connectivity index (χ3v) is 0.413. The minimum absolute atomic E-state index is 0.458. The third-order valence-electron chi connectivity index (χ3n) is 0.413. The zero-order valence-corrected chi connectivity index (χ0v) is 3.81. The molecule has 0 aliphatic carbocycles. The van der Waals surface area contributed by atoms with E-state index >= 15 is 0 Å². The minimum Gasteiger partial charge on any atom is -0.402 e. The van der Waals surface area contributed by atoms with Crippen molar-refractivity contribution < 1.29 is 5.11 Å². The molecule has 0 rings (SSSR count). The van der Waals surface area contributed by atoms with Gasteiger partial charge in [-0.05, 0) is 7.05 Å². The van der Waals surface area contributed by atoms with Crippen molar-refractivity contribution in [3.8, 4) is 0 Å². The quantitative estimate of drug-likeness (QED) is 0.408. The molecule has 6 heavy (non-hydrogen) atoms. The van der Waals surface area contributed by atoms with Crippen molar-refractivity contribution in [2.75, 3.05) is 13.6 Å². The molecule has 2 nitrogen and oxygen atoms in total. The third kappa shape index (κ3) is 3.98. The smallest absolute Gasteiger partial charge is 0.110 e. The van der Waals surface area contributed by atoms with Gasteiger partial charge in [0.05, 0.1) is 0 Å². The zero-order valence-electron chi connectivity index (χ0n) is 3.81. The van der Waals surface area contributed by atoms with Crippen LogP contribution in [0, 0.1) is 0 Å². The van der Waals surface area contributed by atoms with Gasteiger partial charge in [-0.1, -0.05) is 0 Å². The number of aliphatic hydroxyl groups is 1. The average molecular weight is 84.9 g/mol. The van der Waals surface area contributed by atoms with E-state index in [1.807, 2.05) is 0 Å². The molecule has 34 valence electrons. The Kier molecular flexibility index (Phi) is 3.18. The second-order valence-electron chi connectivity index (χ2n) is 1.13. The van der Waals surface area contributed by atoms with Gasteiger partial charge in [0.15, 0.2) is 0 Å². The molecule has 1 unspecified atom stereocenters. The molecule has 0 saturated heterocycles. The average Bonchev–Trinajstić information content (AvgIpc) is 1.35. The summed E-state index contributed by atoms with van der Waals surface area (Å²) in [5.74, 6) is 0. The van der Waals surface area contributed by atoms with E-state index in [9.17, 15) is 0 Å². The van der Waals surface area contributed by atoms with Crippen molar-refractivity contribution in [2.24, 2.45) is 0 Å². The molecule has 0 amide bonds. The van der Waals surface area contributed by atoms with E-state index in [1.165, 1.54) is 0 Å². The van der Waals surface area contributed by atoms with Crippen molar-refractivity contribution in [3.05, 3.63) is 0 Å². The maximum Gasteiger partial charge on any atom is 0.110 e. The van der Waals surface area contributed by atoms with Crippen LogP contribution in [-0.4, -0.2) is 32.5 Å². The summed E-state index contributed by atoms with van der Waals surface area (Å²) in [7, 11) is 6.63. The predicted molar refractivity (Wildman–Crippen MR) is 25.7 cm³/mol. The van der Waals surface area contributed by atoms with Crippen LogP contribution in [-0.2, 0) is 0 Å². The van der Waals surface area contributed by atoms with Crippen LogP contribution in [0.15, 0.2) is 0 Å². The topological polar surface area (TPSA) is 32.3 Å². The number of hydrogen-bond donors (Lipinski definition) is 2. The second kappa shape index (κ2) is 3.19. The van der Waals surface area contributed by atoms with Gasteiger partial charge < -0.3 is 10.4 Å². The lowest BCUT2D eigenvalue weighted by Gasteiger charge is -1.98. The Morgan fingerprint density at radius 3 is 2.50 bits per heavy atom. The lowest BCUT2D eigenvalue weighted by Crippen LogP contribution is -2.22. The Morgan fingerprint density at radius 1 is 2.00 bits per heavy atom. The molecule has 0 heterocycles. The predicted octanol–water partition coefficient (Wildman–Crippen LogP) is -1.31. The maximum absolute atomic E-state index is 8.27. The van der Waals surface area contributed by atoms with E-state index in [0.717, 1.165) is 0 Å². The highest BCUT2D eigenvalue weighted by Gasteiger charge is 1.86. The van der Waals surface area contributed by atoms with Gasteiger partial charge in [-0.3, -0.25) is 0 Å². The molecule has 2 N–H and O–H groups in total. The standard InChI is InChI=1S/C3H8BNO/c1-5-2-3(4)6/h3,5-6H,2H2,1H3. The fourth-order valence-electron chi connectivity index (χ4n) is 0.209. The Hall–Kier alpha value is -0.0151. The molecule has 0 bridgehead atoms. The second-order valence-corrected chi connectivity index (χ2v) is 1.13. The minimum atomic E-state index is -0.713. The number of rotatable bonds is 2. The van der Waals surface area contributed by atoms with Gasteiger partial charge in [-0.25, -0.2) is 0 Å². The number of hydrogen-bond acceptors (Lipinski definition) is 2. The van der Waals surface area contributed by atoms with E-state index in [4.69, 9.17) is 13.0 Å². The number of likely N-dealkylation sites (N-methyl/N-ethyl adjacent to an activating group) is 1. The van der Waals surface area contributed by atoms with Crippen molar-refractivity contribution in [2.45, 2.75) is 6.00 Å². The Morgan fingerprint density at radius 2 is 2.50 bits per heavy atom. The monoisotopic (exact) mass is 85.1 g/mol. The van der Waals surface area contributed by atoms with Crippen molar-refractivity contribution in [1.29, 1.82) is 0 Å². The number of aliphatic hydroxyl groups excluding tert-OH is 1. The highest BCUT2D eigenvalue weighted by molar-refractivity contribution is 6.10. The summed E-state index contributed by atoms with van der Waals surface area (Å²) < 4.78 is 0. The first-order chi connectivity index (χ1) is 2.77. The summed E-state index contributed by atoms with van der Waals surface area (Å²) in [5, 5.41) is 11.0. The van der Waals surface area contributed by atoms with Gasteiger partial charge in [0.25, 0.3) is 0 Å². The van der Waals surface area contributed by atoms with Gasteiger partial charge in [0.2, 0.25) is 0 Å². The first kappa shape index (κ1) is 5.98. The first-order valence-corrected chi connectivity index (χ1v) is 1.85. The lowest BCUT2D eigenvalue weighted by molar-refractivity contribution is 0.254. The summed E-state index contributed by atoms with van der Waals surface area (Å²) in [6, 6.07) is -0.713. The normalized spacial score (nSPS) is 14.3. The summed E-state index contributed by atoms with van der Waals surface area (Å²) in [5.41, 5.74) is 0. The summed E-state index contributed by atoms with van der Waals surface area (Å²) >= 11 is 0. The van der Waals surface area contributed by atoms with Crippen LogP contribution in [0.25, 0.3) is 0 Å². The van der Waals surface area contributed by atoms with E-state index in [2.05, 4.69) is 5.32 Å². The lowest BCUT2D eigenvalue weighted by atomic mass is 10.0. The SMILES string of the molecule is [B]C(O)CNC. The van der Waals surface area contributed by atoms with Gasteiger partial charge in [-0.15, -0.1) is 0 Å². The number of nitrogens with one attached hydrogen (secondary N) is 1. The Balaban J connectivity index is 2.63. The summed E-state index contributed by atoms with van der Waals surface area (Å²) in [6.07, 6.45) is 0. The van der Waals surface area contributed by atoms with Crippen LogP contribution in [0.2, 0.25) is 0 Å². The van der Waals surface area contributed by atoms with Gasteiger partial charge in [0, 0.05) is 12.5 Å². The molecule has 1 atom stereocenters. The highest BCUT2D eigenvalue weighted by atomic mass is 16.3. The molecular weight excluding hydrogens is 76.9 g/mol. The molecule has 0 aromatic rings. The molecule has 0 fully saturated rings. The molecule has 3 heteroatoms. The molecule has 0 aromatic carbocycles. The van der Waals surface area contributed by atoms with Gasteiger partial charge in [-0.2, -0.15) is 0 Å². The fourth-order valence-corrected chi connectivity index (χ4v) is 0.209. The molecule has 0 aromatic heterocycles. The van der Waals surface area contributed by atoms with E-state index < -0.39 is 6.00 Å². The first-order valence-electron chi connectivity index (χ1n) is 1.85. The van der Waals surface area contributed by atoms with Crippen molar-refractivity contribution in [3.63, 3.8) is 0 Å². The van der Waals surface area contributed by atoms with Crippen LogP contribution < -0.4 is 5.32 Å². The van der Waals surface area contributed by atoms with Crippen LogP contribution in [0.5, 0.6) is 0 Å². The van der Waals surface area contributed by atoms with Crippen LogP contribution in [0.4, 0.5) is 0 Å². The molecular formula is C3H8BNO. The molecule has 0 aliphatic rings. The van der Waals surface area contributed by atoms with Crippen LogP contribution >= 0.6 is 0 Å². The molecule has 2 radical (unpaired) electrons. The summed E-state index contributed by atoms with van der Waals surface area (Å²) in [4.78, 5) is 0. The van der Waals surface area contributed by atoms with E-state index in [1.54, 1.807) is 7.05 Å². The Bertz CT molecular complexity index is 32.0. The fraction of sp³-hybridized carbons (Fsp3) is 1.00. The van der Waals surface area contributed by atoms with Gasteiger partial charge >= 0.3 is 0 Å². The molecule has 0 aliphatic heterocycles. The maximum atomic E-state index is 8.27. The molecule has 0 saturated carbocycles. The van der Waals surface area contributed by atoms with E-state index in [0.29, 0.717) is 6.54 Å². The zero-order chi connectivity index (χ0) is 4.99. The van der Waals surface area contributed by atoms with E-state index in [-0.39, 0.29) is 0 Å². The van der Waals surface area contributed by atoms with Crippen LogP contribution in [0.3, 0.4) is 0 Å². The van der Waals surface area contributed by atoms with Crippen LogP contribution in [0.1, 0.15) is 0 Å². The van der Waals surface area contributed by atoms with Crippen molar-refractivity contribution in [1.82, 2.24) is 5.32 Å². The largest absolute Gasteiger partial charge is 0.402 e.